The third-order valence-corrected chi connectivity index (χ3v) is 6.86. The Bertz CT molecular complexity index is 1860. The van der Waals surface area contributed by atoms with Gasteiger partial charge in [0.25, 0.3) is 5.56 Å². The van der Waals surface area contributed by atoms with Crippen LogP contribution in [0.5, 0.6) is 5.75 Å². The van der Waals surface area contributed by atoms with Crippen molar-refractivity contribution in [2.24, 2.45) is 5.10 Å². The molecule has 7 nitrogen and oxygen atoms in total. The van der Waals surface area contributed by atoms with E-state index in [-0.39, 0.29) is 5.56 Å². The normalized spacial score (nSPS) is 12.7. The van der Waals surface area contributed by atoms with Gasteiger partial charge in [0.1, 0.15) is 11.3 Å². The summed E-state index contributed by atoms with van der Waals surface area (Å²) < 4.78 is 15.2. The Hall–Kier alpha value is -4.65. The molecular formula is C30H26N4O3. The Morgan fingerprint density at radius 3 is 2.62 bits per heavy atom. The molecule has 0 bridgehead atoms. The molecule has 3 heterocycles. The second kappa shape index (κ2) is 9.09. The summed E-state index contributed by atoms with van der Waals surface area (Å²) in [5, 5.41) is 7.03. The number of aromatic nitrogens is 3. The highest BCUT2D eigenvalue weighted by atomic mass is 16.5. The van der Waals surface area contributed by atoms with Crippen LogP contribution in [0.25, 0.3) is 44.4 Å². The number of ether oxygens (including phenoxy) is 1. The topological polar surface area (TPSA) is 74.6 Å². The summed E-state index contributed by atoms with van der Waals surface area (Å²) in [6.45, 7) is 4.36. The van der Waals surface area contributed by atoms with Gasteiger partial charge in [0.2, 0.25) is 5.82 Å². The van der Waals surface area contributed by atoms with Crippen LogP contribution in [0.15, 0.2) is 93.3 Å². The summed E-state index contributed by atoms with van der Waals surface area (Å²) in [7, 11) is 1.62. The van der Waals surface area contributed by atoms with Gasteiger partial charge in [-0.3, -0.25) is 4.79 Å². The van der Waals surface area contributed by atoms with E-state index in [4.69, 9.17) is 14.1 Å². The molecule has 0 aliphatic heterocycles. The summed E-state index contributed by atoms with van der Waals surface area (Å²) in [6.07, 6.45) is 4.82. The summed E-state index contributed by atoms with van der Waals surface area (Å²) >= 11 is 0. The van der Waals surface area contributed by atoms with Crippen molar-refractivity contribution in [3.63, 3.8) is 0 Å². The summed E-state index contributed by atoms with van der Waals surface area (Å²) in [4.78, 5) is 18.4. The van der Waals surface area contributed by atoms with E-state index in [0.29, 0.717) is 39.9 Å². The highest BCUT2D eigenvalue weighted by Gasteiger charge is 2.18. The van der Waals surface area contributed by atoms with Crippen LogP contribution in [0, 0.1) is 0 Å². The number of hydrogen-bond donors (Lipinski definition) is 0. The molecule has 0 aliphatic carbocycles. The zero-order chi connectivity index (χ0) is 25.5. The van der Waals surface area contributed by atoms with Gasteiger partial charge >= 0.3 is 0 Å². The molecule has 0 unspecified atom stereocenters. The molecule has 0 saturated carbocycles. The van der Waals surface area contributed by atoms with E-state index in [1.807, 2.05) is 54.6 Å². The lowest BCUT2D eigenvalue weighted by molar-refractivity contribution is 0.419. The Morgan fingerprint density at radius 2 is 1.81 bits per heavy atom. The first-order valence-electron chi connectivity index (χ1n) is 12.3. The molecule has 184 valence electrons. The van der Waals surface area contributed by atoms with Crippen LogP contribution in [0.2, 0.25) is 0 Å². The van der Waals surface area contributed by atoms with Gasteiger partial charge in [-0.25, -0.2) is 4.98 Å². The monoisotopic (exact) mass is 490 g/mol. The molecule has 37 heavy (non-hydrogen) atoms. The van der Waals surface area contributed by atoms with E-state index < -0.39 is 0 Å². The quantitative estimate of drug-likeness (QED) is 0.246. The number of fused-ring (bicyclic) bond motifs is 3. The minimum atomic E-state index is -0.269. The average Bonchev–Trinajstić information content (AvgIpc) is 3.54. The van der Waals surface area contributed by atoms with E-state index in [9.17, 15) is 4.79 Å². The van der Waals surface area contributed by atoms with Gasteiger partial charge in [0, 0.05) is 28.7 Å². The molecule has 6 aromatic rings. The molecular weight excluding hydrogens is 464 g/mol. The first-order valence-corrected chi connectivity index (χ1v) is 12.3. The number of hydrogen-bond acceptors (Lipinski definition) is 5. The van der Waals surface area contributed by atoms with Crippen molar-refractivity contribution in [2.45, 2.75) is 26.3 Å². The predicted octanol–water partition coefficient (Wildman–Crippen LogP) is 6.63. The zero-order valence-electron chi connectivity index (χ0n) is 20.9. The second-order valence-electron chi connectivity index (χ2n) is 9.06. The average molecular weight is 491 g/mol. The standard InChI is InChI=1S/C30H26N4O3/c1-4-19(2)33-18-20(21-10-6-8-13-25(21)33)17-31-34-29(32-24-12-7-5-11-22(24)30(34)35)28-16-23-26(36-3)14-9-15-27(23)37-28/h5-19H,4H2,1-3H3/t19-/m1/s1. The lowest BCUT2D eigenvalue weighted by Crippen LogP contribution is -2.20. The first-order chi connectivity index (χ1) is 18.1. The number of benzene rings is 3. The number of nitrogens with zero attached hydrogens (tertiary/aromatic N) is 4. The summed E-state index contributed by atoms with van der Waals surface area (Å²) in [5.74, 6) is 1.44. The second-order valence-corrected chi connectivity index (χ2v) is 9.06. The minimum absolute atomic E-state index is 0.269. The SMILES string of the molecule is CC[C@@H](C)n1cc(C=Nn2c(-c3cc4c(OC)cccc4o3)nc3ccccc3c2=O)c2ccccc21. The lowest BCUT2D eigenvalue weighted by atomic mass is 10.2. The maximum Gasteiger partial charge on any atom is 0.282 e. The Labute approximate surface area is 213 Å². The van der Waals surface area contributed by atoms with Crippen LogP contribution in [0.1, 0.15) is 31.9 Å². The molecule has 6 rings (SSSR count). The third kappa shape index (κ3) is 3.80. The van der Waals surface area contributed by atoms with Crippen LogP contribution < -0.4 is 10.3 Å². The largest absolute Gasteiger partial charge is 0.496 e. The highest BCUT2D eigenvalue weighted by Crippen LogP contribution is 2.33. The fraction of sp³-hybridized carbons (Fsp3) is 0.167. The van der Waals surface area contributed by atoms with Crippen molar-refractivity contribution in [3.8, 4) is 17.3 Å². The smallest absolute Gasteiger partial charge is 0.282 e. The molecule has 7 heteroatoms. The van der Waals surface area contributed by atoms with Gasteiger partial charge in [0.05, 0.1) is 29.6 Å². The van der Waals surface area contributed by atoms with Crippen LogP contribution >= 0.6 is 0 Å². The molecule has 0 fully saturated rings. The molecule has 0 amide bonds. The molecule has 0 aliphatic rings. The Kier molecular flexibility index (Phi) is 5.60. The molecule has 0 spiro atoms. The van der Waals surface area contributed by atoms with Crippen LogP contribution in [0.3, 0.4) is 0 Å². The predicted molar refractivity (Wildman–Crippen MR) is 148 cm³/mol. The fourth-order valence-electron chi connectivity index (χ4n) is 4.73. The van der Waals surface area contributed by atoms with E-state index >= 15 is 0 Å². The molecule has 0 N–H and O–H groups in total. The summed E-state index contributed by atoms with van der Waals surface area (Å²) in [6, 6.07) is 23.2. The van der Waals surface area contributed by atoms with Gasteiger partial charge in [0.15, 0.2) is 5.76 Å². The maximum atomic E-state index is 13.6. The van der Waals surface area contributed by atoms with Gasteiger partial charge in [-0.2, -0.15) is 9.78 Å². The molecule has 3 aromatic carbocycles. The van der Waals surface area contributed by atoms with E-state index in [1.165, 1.54) is 4.68 Å². The molecule has 0 saturated heterocycles. The number of para-hydroxylation sites is 2. The Morgan fingerprint density at radius 1 is 1.03 bits per heavy atom. The zero-order valence-corrected chi connectivity index (χ0v) is 20.9. The van der Waals surface area contributed by atoms with E-state index in [1.54, 1.807) is 19.4 Å². The molecule has 3 aromatic heterocycles. The lowest BCUT2D eigenvalue weighted by Gasteiger charge is -2.12. The van der Waals surface area contributed by atoms with Crippen LogP contribution in [0.4, 0.5) is 0 Å². The minimum Gasteiger partial charge on any atom is -0.496 e. The van der Waals surface area contributed by atoms with Crippen LogP contribution in [-0.2, 0) is 0 Å². The number of rotatable bonds is 6. The third-order valence-electron chi connectivity index (χ3n) is 6.86. The van der Waals surface area contributed by atoms with Gasteiger partial charge in [-0.05, 0) is 49.7 Å². The first kappa shape index (κ1) is 22.8. The number of furan rings is 1. The van der Waals surface area contributed by atoms with Gasteiger partial charge < -0.3 is 13.7 Å². The van der Waals surface area contributed by atoms with Crippen LogP contribution in [-0.4, -0.2) is 27.6 Å². The van der Waals surface area contributed by atoms with Crippen molar-refractivity contribution >= 4 is 39.0 Å². The van der Waals surface area contributed by atoms with E-state index in [2.05, 4.69) is 41.8 Å². The van der Waals surface area contributed by atoms with Crippen molar-refractivity contribution in [2.75, 3.05) is 7.11 Å². The van der Waals surface area contributed by atoms with Gasteiger partial charge in [-0.1, -0.05) is 43.3 Å². The van der Waals surface area contributed by atoms with Crippen molar-refractivity contribution in [1.82, 2.24) is 14.2 Å². The highest BCUT2D eigenvalue weighted by molar-refractivity contribution is 5.99. The fourth-order valence-corrected chi connectivity index (χ4v) is 4.73. The number of methoxy groups -OCH3 is 1. The van der Waals surface area contributed by atoms with Crippen molar-refractivity contribution in [1.29, 1.82) is 0 Å². The van der Waals surface area contributed by atoms with Crippen molar-refractivity contribution in [3.05, 3.63) is 94.9 Å². The Balaban J connectivity index is 1.57. The van der Waals surface area contributed by atoms with E-state index in [0.717, 1.165) is 28.3 Å². The van der Waals surface area contributed by atoms with Crippen molar-refractivity contribution < 1.29 is 9.15 Å². The summed E-state index contributed by atoms with van der Waals surface area (Å²) in [5.41, 5.74) is 3.01. The molecule has 1 atom stereocenters. The maximum absolute atomic E-state index is 13.6. The molecule has 0 radical (unpaired) electrons. The van der Waals surface area contributed by atoms with Gasteiger partial charge in [-0.15, -0.1) is 0 Å².